The van der Waals surface area contributed by atoms with Gasteiger partial charge in [0.25, 0.3) is 11.5 Å². The summed E-state index contributed by atoms with van der Waals surface area (Å²) >= 11 is 0. The lowest BCUT2D eigenvalue weighted by molar-refractivity contribution is -0.138. The van der Waals surface area contributed by atoms with E-state index in [9.17, 15) is 22.8 Å². The van der Waals surface area contributed by atoms with E-state index >= 15 is 0 Å². The lowest BCUT2D eigenvalue weighted by Crippen LogP contribution is -2.24. The SMILES string of the molecule is O=C(NCc1cccnc1)c1ccc2c(c1)ncn2-c1ccc(OCCn2cc(C(F)(F)F)ccc2=O)cc1. The van der Waals surface area contributed by atoms with E-state index in [1.165, 1.54) is 0 Å². The summed E-state index contributed by atoms with van der Waals surface area (Å²) in [5.74, 6) is 0.278. The summed E-state index contributed by atoms with van der Waals surface area (Å²) < 4.78 is 47.2. The number of carbonyl (C=O) groups excluding carboxylic acids is 1. The average molecular weight is 534 g/mol. The van der Waals surface area contributed by atoms with Crippen molar-refractivity contribution < 1.29 is 22.7 Å². The van der Waals surface area contributed by atoms with Gasteiger partial charge in [-0.15, -0.1) is 0 Å². The Hall–Kier alpha value is -4.93. The van der Waals surface area contributed by atoms with Gasteiger partial charge in [0.1, 0.15) is 18.7 Å². The fourth-order valence-electron chi connectivity index (χ4n) is 3.99. The third kappa shape index (κ3) is 5.98. The van der Waals surface area contributed by atoms with Crippen molar-refractivity contribution in [1.29, 1.82) is 0 Å². The molecular weight excluding hydrogens is 511 g/mol. The van der Waals surface area contributed by atoms with Crippen molar-refractivity contribution in [3.05, 3.63) is 119 Å². The molecule has 1 amide bonds. The highest BCUT2D eigenvalue weighted by Crippen LogP contribution is 2.28. The van der Waals surface area contributed by atoms with Crippen LogP contribution in [0, 0.1) is 0 Å². The van der Waals surface area contributed by atoms with Gasteiger partial charge in [0.2, 0.25) is 0 Å². The highest BCUT2D eigenvalue weighted by Gasteiger charge is 2.31. The van der Waals surface area contributed by atoms with Crippen LogP contribution in [-0.4, -0.2) is 31.6 Å². The summed E-state index contributed by atoms with van der Waals surface area (Å²) in [6.45, 7) is 0.346. The summed E-state index contributed by atoms with van der Waals surface area (Å²) in [4.78, 5) is 32.9. The van der Waals surface area contributed by atoms with E-state index in [0.717, 1.165) is 39.7 Å². The van der Waals surface area contributed by atoms with E-state index in [1.54, 1.807) is 55.1 Å². The summed E-state index contributed by atoms with van der Waals surface area (Å²) in [6, 6.07) is 17.7. The van der Waals surface area contributed by atoms with Crippen molar-refractivity contribution in [1.82, 2.24) is 24.4 Å². The number of nitrogens with zero attached hydrogens (tertiary/aromatic N) is 4. The molecule has 0 radical (unpaired) electrons. The Bertz CT molecular complexity index is 1660. The van der Waals surface area contributed by atoms with Crippen LogP contribution in [-0.2, 0) is 19.3 Å². The molecule has 0 saturated carbocycles. The van der Waals surface area contributed by atoms with Gasteiger partial charge in [-0.1, -0.05) is 6.07 Å². The number of fused-ring (bicyclic) bond motifs is 1. The van der Waals surface area contributed by atoms with Crippen molar-refractivity contribution in [2.75, 3.05) is 6.61 Å². The largest absolute Gasteiger partial charge is 0.492 e. The van der Waals surface area contributed by atoms with Crippen LogP contribution in [0.15, 0.2) is 96.4 Å². The van der Waals surface area contributed by atoms with Gasteiger partial charge in [0, 0.05) is 42.5 Å². The Labute approximate surface area is 220 Å². The smallest absolute Gasteiger partial charge is 0.417 e. The molecule has 0 aliphatic heterocycles. The maximum Gasteiger partial charge on any atom is 0.417 e. The zero-order valence-corrected chi connectivity index (χ0v) is 20.4. The molecule has 3 aromatic heterocycles. The summed E-state index contributed by atoms with van der Waals surface area (Å²) in [7, 11) is 0. The minimum atomic E-state index is -4.53. The molecule has 0 atom stereocenters. The number of halogens is 3. The molecule has 3 heterocycles. The average Bonchev–Trinajstić information content (AvgIpc) is 3.36. The van der Waals surface area contributed by atoms with Gasteiger partial charge in [-0.3, -0.25) is 19.1 Å². The lowest BCUT2D eigenvalue weighted by Gasteiger charge is -2.12. The lowest BCUT2D eigenvalue weighted by atomic mass is 10.1. The molecule has 0 unspecified atom stereocenters. The molecule has 39 heavy (non-hydrogen) atoms. The number of nitrogens with one attached hydrogen (secondary N) is 1. The molecule has 0 aliphatic carbocycles. The van der Waals surface area contributed by atoms with Crippen molar-refractivity contribution in [3.8, 4) is 11.4 Å². The van der Waals surface area contributed by atoms with E-state index in [0.29, 0.717) is 23.4 Å². The quantitative estimate of drug-likeness (QED) is 0.315. The first kappa shape index (κ1) is 25.7. The predicted octanol–water partition coefficient (Wildman–Crippen LogP) is 4.61. The molecule has 5 aromatic rings. The Morgan fingerprint density at radius 3 is 2.59 bits per heavy atom. The van der Waals surface area contributed by atoms with Crippen LogP contribution in [0.5, 0.6) is 5.75 Å². The number of rotatable bonds is 8. The van der Waals surface area contributed by atoms with Gasteiger partial charge in [-0.05, 0) is 60.2 Å². The first-order chi connectivity index (χ1) is 18.8. The molecule has 0 bridgehead atoms. The second-order valence-electron chi connectivity index (χ2n) is 8.65. The number of alkyl halides is 3. The van der Waals surface area contributed by atoms with Gasteiger partial charge < -0.3 is 14.6 Å². The van der Waals surface area contributed by atoms with E-state index in [4.69, 9.17) is 4.74 Å². The predicted molar refractivity (Wildman–Crippen MR) is 138 cm³/mol. The maximum absolute atomic E-state index is 12.9. The van der Waals surface area contributed by atoms with Crippen LogP contribution >= 0.6 is 0 Å². The van der Waals surface area contributed by atoms with Crippen LogP contribution in [0.25, 0.3) is 16.7 Å². The minimum absolute atomic E-state index is 0.0141. The highest BCUT2D eigenvalue weighted by atomic mass is 19.4. The van der Waals surface area contributed by atoms with Crippen LogP contribution in [0.3, 0.4) is 0 Å². The van der Waals surface area contributed by atoms with Crippen LogP contribution < -0.4 is 15.6 Å². The normalized spacial score (nSPS) is 11.5. The van der Waals surface area contributed by atoms with Gasteiger partial charge in [-0.2, -0.15) is 13.2 Å². The molecule has 0 fully saturated rings. The van der Waals surface area contributed by atoms with E-state index in [2.05, 4.69) is 15.3 Å². The van der Waals surface area contributed by atoms with Crippen LogP contribution in [0.2, 0.25) is 0 Å². The number of amides is 1. The minimum Gasteiger partial charge on any atom is -0.492 e. The van der Waals surface area contributed by atoms with Crippen LogP contribution in [0.1, 0.15) is 21.5 Å². The van der Waals surface area contributed by atoms with Gasteiger partial charge >= 0.3 is 6.18 Å². The van der Waals surface area contributed by atoms with E-state index in [-0.39, 0.29) is 19.1 Å². The number of ether oxygens (including phenoxy) is 1. The highest BCUT2D eigenvalue weighted by molar-refractivity contribution is 5.97. The number of imidazole rings is 1. The van der Waals surface area contributed by atoms with Gasteiger partial charge in [0.15, 0.2) is 0 Å². The zero-order chi connectivity index (χ0) is 27.4. The first-order valence-corrected chi connectivity index (χ1v) is 11.9. The molecule has 0 aliphatic rings. The second kappa shape index (κ2) is 10.8. The monoisotopic (exact) mass is 533 g/mol. The zero-order valence-electron chi connectivity index (χ0n) is 20.4. The fourth-order valence-corrected chi connectivity index (χ4v) is 3.99. The molecule has 5 rings (SSSR count). The topological polar surface area (TPSA) is 91.0 Å². The molecule has 198 valence electrons. The first-order valence-electron chi connectivity index (χ1n) is 11.9. The molecular formula is C28H22F3N5O3. The third-order valence-electron chi connectivity index (χ3n) is 6.01. The number of pyridine rings is 2. The Balaban J connectivity index is 1.22. The molecule has 11 heteroatoms. The third-order valence-corrected chi connectivity index (χ3v) is 6.01. The van der Waals surface area contributed by atoms with E-state index in [1.807, 2.05) is 22.8 Å². The molecule has 0 spiro atoms. The number of carbonyl (C=O) groups is 1. The molecule has 8 nitrogen and oxygen atoms in total. The summed E-state index contributed by atoms with van der Waals surface area (Å²) in [5.41, 5.74) is 2.20. The van der Waals surface area contributed by atoms with E-state index < -0.39 is 17.3 Å². The van der Waals surface area contributed by atoms with Crippen molar-refractivity contribution in [3.63, 3.8) is 0 Å². The van der Waals surface area contributed by atoms with Crippen LogP contribution in [0.4, 0.5) is 13.2 Å². The number of benzene rings is 2. The summed E-state index contributed by atoms with van der Waals surface area (Å²) in [5, 5.41) is 2.87. The second-order valence-corrected chi connectivity index (χ2v) is 8.65. The molecule has 0 saturated heterocycles. The standard InChI is InChI=1S/C28H22F3N5O3/c29-28(30,31)21-4-10-26(37)35(17-21)12-13-39-23-7-5-22(6-8-23)36-18-34-24-14-20(3-9-25(24)36)27(38)33-16-19-2-1-11-32-15-19/h1-11,14-15,17-18H,12-13,16H2,(H,33,38). The number of aromatic nitrogens is 4. The van der Waals surface area contributed by atoms with Crippen molar-refractivity contribution >= 4 is 16.9 Å². The van der Waals surface area contributed by atoms with Crippen molar-refractivity contribution in [2.45, 2.75) is 19.3 Å². The van der Waals surface area contributed by atoms with Crippen molar-refractivity contribution in [2.24, 2.45) is 0 Å². The number of hydrogen-bond acceptors (Lipinski definition) is 5. The molecule has 1 N–H and O–H groups in total. The Morgan fingerprint density at radius 2 is 1.85 bits per heavy atom. The fraction of sp³-hybridized carbons (Fsp3) is 0.143. The maximum atomic E-state index is 12.9. The summed E-state index contributed by atoms with van der Waals surface area (Å²) in [6.07, 6.45) is 1.27. The van der Waals surface area contributed by atoms with Gasteiger partial charge in [-0.25, -0.2) is 4.98 Å². The van der Waals surface area contributed by atoms with Gasteiger partial charge in [0.05, 0.1) is 23.1 Å². The number of hydrogen-bond donors (Lipinski definition) is 1. The molecule has 2 aromatic carbocycles. The Kier molecular flexibility index (Phi) is 7.13. The Morgan fingerprint density at radius 1 is 1.03 bits per heavy atom.